The van der Waals surface area contributed by atoms with Crippen molar-refractivity contribution in [2.45, 2.75) is 12.8 Å². The van der Waals surface area contributed by atoms with Crippen LogP contribution in [-0.2, 0) is 4.74 Å². The number of nitro benzene ring substituents is 1. The zero-order valence-electron chi connectivity index (χ0n) is 11.8. The largest absolute Gasteiger partial charge is 0.381 e. The van der Waals surface area contributed by atoms with E-state index < -0.39 is 16.6 Å². The molecule has 1 amide bonds. The number of hydrogen-bond donors (Lipinski definition) is 0. The molecule has 1 fully saturated rings. The molecule has 1 aliphatic heterocycles. The molecule has 0 spiro atoms. The van der Waals surface area contributed by atoms with Crippen LogP contribution in [0.5, 0.6) is 0 Å². The van der Waals surface area contributed by atoms with Gasteiger partial charge < -0.3 is 9.64 Å². The number of benzene rings is 1. The molecule has 2 rings (SSSR count). The van der Waals surface area contributed by atoms with Gasteiger partial charge in [0.05, 0.1) is 4.92 Å². The van der Waals surface area contributed by atoms with Gasteiger partial charge in [0.25, 0.3) is 11.6 Å². The second-order valence-corrected chi connectivity index (χ2v) is 5.16. The van der Waals surface area contributed by atoms with Crippen molar-refractivity contribution in [1.29, 1.82) is 0 Å². The topological polar surface area (TPSA) is 72.7 Å². The molecule has 0 unspecified atom stereocenters. The first kappa shape index (κ1) is 15.4. The molecule has 0 atom stereocenters. The van der Waals surface area contributed by atoms with Crippen molar-refractivity contribution < 1.29 is 18.8 Å². The lowest BCUT2D eigenvalue weighted by Crippen LogP contribution is -2.34. The molecule has 114 valence electrons. The molecule has 1 aromatic carbocycles. The predicted molar refractivity (Wildman–Crippen MR) is 73.6 cm³/mol. The Bertz CT molecular complexity index is 544. The maximum absolute atomic E-state index is 13.3. The monoisotopic (exact) mass is 296 g/mol. The van der Waals surface area contributed by atoms with Crippen LogP contribution in [0.2, 0.25) is 0 Å². The number of nitro groups is 1. The molecule has 1 aliphatic rings. The summed E-state index contributed by atoms with van der Waals surface area (Å²) >= 11 is 0. The van der Waals surface area contributed by atoms with Crippen LogP contribution >= 0.6 is 0 Å². The quantitative estimate of drug-likeness (QED) is 0.631. The van der Waals surface area contributed by atoms with Gasteiger partial charge in [-0.3, -0.25) is 14.9 Å². The van der Waals surface area contributed by atoms with Crippen molar-refractivity contribution in [1.82, 2.24) is 4.90 Å². The fourth-order valence-corrected chi connectivity index (χ4v) is 2.44. The van der Waals surface area contributed by atoms with Crippen LogP contribution in [0.25, 0.3) is 0 Å². The molecule has 0 aliphatic carbocycles. The molecule has 0 aromatic heterocycles. The molecule has 0 bridgehead atoms. The predicted octanol–water partition coefficient (Wildman–Crippen LogP) is 2.23. The van der Waals surface area contributed by atoms with E-state index in [-0.39, 0.29) is 11.3 Å². The molecule has 0 radical (unpaired) electrons. The van der Waals surface area contributed by atoms with Crippen LogP contribution < -0.4 is 0 Å². The summed E-state index contributed by atoms with van der Waals surface area (Å²) in [7, 11) is 1.58. The summed E-state index contributed by atoms with van der Waals surface area (Å²) in [4.78, 5) is 24.0. The first-order valence-electron chi connectivity index (χ1n) is 6.76. The molecule has 7 heteroatoms. The summed E-state index contributed by atoms with van der Waals surface area (Å²) in [6.45, 7) is 1.80. The van der Waals surface area contributed by atoms with Gasteiger partial charge in [-0.15, -0.1) is 0 Å². The van der Waals surface area contributed by atoms with E-state index >= 15 is 0 Å². The first-order chi connectivity index (χ1) is 9.99. The van der Waals surface area contributed by atoms with Gasteiger partial charge in [0.2, 0.25) is 0 Å². The Labute approximate surface area is 121 Å². The fourth-order valence-electron chi connectivity index (χ4n) is 2.44. The highest BCUT2D eigenvalue weighted by atomic mass is 19.1. The van der Waals surface area contributed by atoms with Gasteiger partial charge in [0.15, 0.2) is 0 Å². The van der Waals surface area contributed by atoms with Gasteiger partial charge in [0.1, 0.15) is 11.4 Å². The molecule has 0 N–H and O–H groups in total. The van der Waals surface area contributed by atoms with E-state index in [0.717, 1.165) is 31.0 Å². The number of carbonyl (C=O) groups is 1. The van der Waals surface area contributed by atoms with Crippen molar-refractivity contribution in [3.05, 3.63) is 39.7 Å². The fraction of sp³-hybridized carbons (Fsp3) is 0.500. The Morgan fingerprint density at radius 2 is 2.14 bits per heavy atom. The zero-order chi connectivity index (χ0) is 15.4. The Balaban J connectivity index is 2.14. The van der Waals surface area contributed by atoms with Crippen molar-refractivity contribution >= 4 is 11.6 Å². The van der Waals surface area contributed by atoms with E-state index in [1.54, 1.807) is 7.05 Å². The molecule has 6 nitrogen and oxygen atoms in total. The third-order valence-electron chi connectivity index (χ3n) is 3.61. The lowest BCUT2D eigenvalue weighted by atomic mass is 9.99. The number of hydrogen-bond acceptors (Lipinski definition) is 4. The summed E-state index contributed by atoms with van der Waals surface area (Å²) in [5.41, 5.74) is -0.588. The normalized spacial score (nSPS) is 15.7. The Hall–Kier alpha value is -2.02. The van der Waals surface area contributed by atoms with Gasteiger partial charge in [-0.25, -0.2) is 4.39 Å². The smallest absolute Gasteiger partial charge is 0.282 e. The summed E-state index contributed by atoms with van der Waals surface area (Å²) in [5.74, 6) is -0.892. The minimum Gasteiger partial charge on any atom is -0.381 e. The number of rotatable bonds is 4. The number of nitrogens with zero attached hydrogens (tertiary/aromatic N) is 2. The summed E-state index contributed by atoms with van der Waals surface area (Å²) in [6.07, 6.45) is 1.70. The lowest BCUT2D eigenvalue weighted by molar-refractivity contribution is -0.385. The number of halogens is 1. The minimum atomic E-state index is -0.672. The molecule has 21 heavy (non-hydrogen) atoms. The van der Waals surface area contributed by atoms with Crippen LogP contribution in [0.4, 0.5) is 10.1 Å². The van der Waals surface area contributed by atoms with Crippen molar-refractivity contribution in [2.75, 3.05) is 26.8 Å². The molecule has 1 aromatic rings. The molecule has 0 saturated carbocycles. The van der Waals surface area contributed by atoms with Crippen LogP contribution in [0.1, 0.15) is 23.2 Å². The van der Waals surface area contributed by atoms with E-state index in [4.69, 9.17) is 4.74 Å². The SMILES string of the molecule is CN(CC1CCOCC1)C(=O)c1cc(F)ccc1[N+](=O)[O-]. The summed E-state index contributed by atoms with van der Waals surface area (Å²) in [5, 5.41) is 10.9. The number of amides is 1. The molecule has 1 saturated heterocycles. The van der Waals surface area contributed by atoms with E-state index in [9.17, 15) is 19.3 Å². The maximum atomic E-state index is 13.3. The van der Waals surface area contributed by atoms with Crippen LogP contribution in [-0.4, -0.2) is 42.5 Å². The van der Waals surface area contributed by atoms with Crippen LogP contribution in [0.15, 0.2) is 18.2 Å². The third-order valence-corrected chi connectivity index (χ3v) is 3.61. The van der Waals surface area contributed by atoms with E-state index in [2.05, 4.69) is 0 Å². The lowest BCUT2D eigenvalue weighted by Gasteiger charge is -2.27. The Kier molecular flexibility index (Phi) is 4.85. The minimum absolute atomic E-state index is 0.213. The van der Waals surface area contributed by atoms with Gasteiger partial charge >= 0.3 is 0 Å². The average molecular weight is 296 g/mol. The highest BCUT2D eigenvalue weighted by Crippen LogP contribution is 2.22. The van der Waals surface area contributed by atoms with Gasteiger partial charge in [-0.1, -0.05) is 0 Å². The highest BCUT2D eigenvalue weighted by molar-refractivity contribution is 5.98. The first-order valence-corrected chi connectivity index (χ1v) is 6.76. The maximum Gasteiger partial charge on any atom is 0.282 e. The summed E-state index contributed by atoms with van der Waals surface area (Å²) in [6, 6.07) is 2.92. The Morgan fingerprint density at radius 3 is 2.76 bits per heavy atom. The third kappa shape index (κ3) is 3.75. The highest BCUT2D eigenvalue weighted by Gasteiger charge is 2.25. The van der Waals surface area contributed by atoms with Crippen LogP contribution in [0, 0.1) is 21.8 Å². The second-order valence-electron chi connectivity index (χ2n) is 5.16. The zero-order valence-corrected chi connectivity index (χ0v) is 11.8. The second kappa shape index (κ2) is 6.62. The van der Waals surface area contributed by atoms with Gasteiger partial charge in [-0.2, -0.15) is 0 Å². The average Bonchev–Trinajstić information content (AvgIpc) is 2.47. The molecule has 1 heterocycles. The van der Waals surface area contributed by atoms with Crippen molar-refractivity contribution in [3.63, 3.8) is 0 Å². The van der Waals surface area contributed by atoms with Crippen molar-refractivity contribution in [2.24, 2.45) is 5.92 Å². The van der Waals surface area contributed by atoms with Gasteiger partial charge in [-0.05, 0) is 30.9 Å². The molecular formula is C14H17FN2O4. The van der Waals surface area contributed by atoms with Crippen LogP contribution in [0.3, 0.4) is 0 Å². The van der Waals surface area contributed by atoms with E-state index in [1.807, 2.05) is 0 Å². The summed E-state index contributed by atoms with van der Waals surface area (Å²) < 4.78 is 18.5. The standard InChI is InChI=1S/C14H17FN2O4/c1-16(9-10-4-6-21-7-5-10)14(18)12-8-11(15)2-3-13(12)17(19)20/h2-3,8,10H,4-7,9H2,1H3. The van der Waals surface area contributed by atoms with Crippen molar-refractivity contribution in [3.8, 4) is 0 Å². The number of carbonyl (C=O) groups excluding carboxylic acids is 1. The van der Waals surface area contributed by atoms with E-state index in [1.165, 1.54) is 4.90 Å². The number of ether oxygens (including phenoxy) is 1. The van der Waals surface area contributed by atoms with E-state index in [0.29, 0.717) is 25.7 Å². The van der Waals surface area contributed by atoms with Gasteiger partial charge in [0, 0.05) is 32.9 Å². The molecular weight excluding hydrogens is 279 g/mol. The Morgan fingerprint density at radius 1 is 1.48 bits per heavy atom.